The zero-order chi connectivity index (χ0) is 12.9. The molecule has 0 aliphatic rings. The van der Waals surface area contributed by atoms with E-state index in [0.29, 0.717) is 12.3 Å². The van der Waals surface area contributed by atoms with Crippen molar-refractivity contribution in [3.8, 4) is 0 Å². The van der Waals surface area contributed by atoms with Crippen molar-refractivity contribution >= 4 is 10.0 Å². The minimum Gasteiger partial charge on any atom is -0.447 e. The normalized spacial score (nSPS) is 11.6. The largest absolute Gasteiger partial charge is 0.447 e. The molecular weight excluding hydrogens is 240 g/mol. The Morgan fingerprint density at radius 3 is 2.76 bits per heavy atom. The van der Waals surface area contributed by atoms with Crippen molar-refractivity contribution in [2.45, 2.75) is 25.5 Å². The molecule has 0 atom stereocenters. The summed E-state index contributed by atoms with van der Waals surface area (Å²) in [6.07, 6.45) is 0. The van der Waals surface area contributed by atoms with E-state index in [-0.39, 0.29) is 11.6 Å². The lowest BCUT2D eigenvalue weighted by molar-refractivity contribution is 0.402. The Labute approximate surface area is 102 Å². The van der Waals surface area contributed by atoms with Crippen LogP contribution in [-0.2, 0) is 16.6 Å². The van der Waals surface area contributed by atoms with E-state index in [0.717, 1.165) is 12.1 Å². The first-order valence-electron chi connectivity index (χ1n) is 5.39. The van der Waals surface area contributed by atoms with Crippen molar-refractivity contribution in [3.63, 3.8) is 0 Å². The Morgan fingerprint density at radius 2 is 2.18 bits per heavy atom. The molecule has 1 heterocycles. The van der Waals surface area contributed by atoms with Gasteiger partial charge in [-0.15, -0.1) is 0 Å². The second-order valence-electron chi connectivity index (χ2n) is 3.78. The highest BCUT2D eigenvalue weighted by atomic mass is 32.2. The van der Waals surface area contributed by atoms with Gasteiger partial charge < -0.3 is 9.73 Å². The molecule has 0 spiro atoms. The van der Waals surface area contributed by atoms with E-state index in [2.05, 4.69) is 16.6 Å². The van der Waals surface area contributed by atoms with E-state index in [1.54, 1.807) is 13.0 Å². The van der Waals surface area contributed by atoms with Crippen LogP contribution in [0, 0.1) is 0 Å². The predicted molar refractivity (Wildman–Crippen MR) is 66.1 cm³/mol. The summed E-state index contributed by atoms with van der Waals surface area (Å²) in [6, 6.07) is 3.10. The molecule has 0 amide bonds. The van der Waals surface area contributed by atoms with Crippen LogP contribution in [0.2, 0.25) is 0 Å². The summed E-state index contributed by atoms with van der Waals surface area (Å²) in [5.41, 5.74) is 0.744. The van der Waals surface area contributed by atoms with Crippen molar-refractivity contribution in [2.75, 3.05) is 13.1 Å². The van der Waals surface area contributed by atoms with Crippen LogP contribution < -0.4 is 10.0 Å². The molecule has 1 aromatic heterocycles. The van der Waals surface area contributed by atoms with E-state index in [1.165, 1.54) is 6.07 Å². The first-order valence-corrected chi connectivity index (χ1v) is 6.87. The summed E-state index contributed by atoms with van der Waals surface area (Å²) < 4.78 is 31.2. The monoisotopic (exact) mass is 258 g/mol. The SMILES string of the molecule is C=C(C)CNS(=O)(=O)c1ccc(CNCC)o1. The average molecular weight is 258 g/mol. The van der Waals surface area contributed by atoms with Crippen molar-refractivity contribution in [3.05, 3.63) is 30.0 Å². The van der Waals surface area contributed by atoms with Gasteiger partial charge in [-0.05, 0) is 25.6 Å². The fourth-order valence-corrected chi connectivity index (χ4v) is 2.18. The minimum absolute atomic E-state index is 0.0633. The highest BCUT2D eigenvalue weighted by Gasteiger charge is 2.17. The predicted octanol–water partition coefficient (Wildman–Crippen LogP) is 1.24. The summed E-state index contributed by atoms with van der Waals surface area (Å²) in [7, 11) is -3.56. The van der Waals surface area contributed by atoms with Crippen molar-refractivity contribution in [1.82, 2.24) is 10.0 Å². The van der Waals surface area contributed by atoms with E-state index in [9.17, 15) is 8.42 Å². The molecule has 0 aliphatic heterocycles. The van der Waals surface area contributed by atoms with Crippen LogP contribution in [0.15, 0.2) is 33.8 Å². The molecule has 0 saturated heterocycles. The number of furan rings is 1. The maximum atomic E-state index is 11.8. The Morgan fingerprint density at radius 1 is 1.47 bits per heavy atom. The molecule has 0 fully saturated rings. The lowest BCUT2D eigenvalue weighted by atomic mass is 10.4. The molecule has 0 aliphatic carbocycles. The molecule has 0 saturated carbocycles. The summed E-state index contributed by atoms with van der Waals surface area (Å²) >= 11 is 0. The molecule has 1 rings (SSSR count). The number of sulfonamides is 1. The zero-order valence-electron chi connectivity index (χ0n) is 10.1. The number of nitrogens with one attached hydrogen (secondary N) is 2. The van der Waals surface area contributed by atoms with Crippen molar-refractivity contribution < 1.29 is 12.8 Å². The number of hydrogen-bond donors (Lipinski definition) is 2. The van der Waals surface area contributed by atoms with Gasteiger partial charge in [0.1, 0.15) is 5.76 Å². The second kappa shape index (κ2) is 6.00. The number of hydrogen-bond acceptors (Lipinski definition) is 4. The Hall–Kier alpha value is -1.11. The molecular formula is C11H18N2O3S. The molecule has 0 unspecified atom stereocenters. The van der Waals surface area contributed by atoms with Crippen LogP contribution in [0.1, 0.15) is 19.6 Å². The Balaban J connectivity index is 2.71. The van der Waals surface area contributed by atoms with Gasteiger partial charge in [0.25, 0.3) is 10.0 Å². The molecule has 0 bridgehead atoms. The van der Waals surface area contributed by atoms with Gasteiger partial charge in [-0.25, -0.2) is 13.1 Å². The molecule has 6 heteroatoms. The van der Waals surface area contributed by atoms with Crippen LogP contribution in [-0.4, -0.2) is 21.5 Å². The first kappa shape index (κ1) is 14.0. The van der Waals surface area contributed by atoms with Gasteiger partial charge in [-0.2, -0.15) is 0 Å². The van der Waals surface area contributed by atoms with Gasteiger partial charge in [-0.3, -0.25) is 0 Å². The van der Waals surface area contributed by atoms with Crippen LogP contribution in [0.25, 0.3) is 0 Å². The van der Waals surface area contributed by atoms with Crippen LogP contribution in [0.5, 0.6) is 0 Å². The lowest BCUT2D eigenvalue weighted by Crippen LogP contribution is -2.24. The molecule has 1 aromatic rings. The standard InChI is InChI=1S/C11H18N2O3S/c1-4-12-8-10-5-6-11(16-10)17(14,15)13-7-9(2)3/h5-6,12-13H,2,4,7-8H2,1,3H3. The smallest absolute Gasteiger partial charge is 0.274 e. The van der Waals surface area contributed by atoms with Gasteiger partial charge in [0.2, 0.25) is 5.09 Å². The lowest BCUT2D eigenvalue weighted by Gasteiger charge is -2.03. The average Bonchev–Trinajstić information content (AvgIpc) is 2.73. The van der Waals surface area contributed by atoms with Gasteiger partial charge in [0.05, 0.1) is 6.54 Å². The summed E-state index contributed by atoms with van der Waals surface area (Å²) in [6.45, 7) is 8.89. The second-order valence-corrected chi connectivity index (χ2v) is 5.48. The third-order valence-electron chi connectivity index (χ3n) is 2.02. The molecule has 0 radical (unpaired) electrons. The van der Waals surface area contributed by atoms with E-state index in [4.69, 9.17) is 4.42 Å². The third-order valence-corrected chi connectivity index (χ3v) is 3.29. The Kier molecular flexibility index (Phi) is 4.92. The van der Waals surface area contributed by atoms with Crippen molar-refractivity contribution in [2.24, 2.45) is 0 Å². The fourth-order valence-electron chi connectivity index (χ4n) is 1.14. The number of rotatable bonds is 7. The van der Waals surface area contributed by atoms with E-state index in [1.807, 2.05) is 6.92 Å². The Bertz CT molecular complexity index is 477. The minimum atomic E-state index is -3.56. The van der Waals surface area contributed by atoms with E-state index >= 15 is 0 Å². The molecule has 5 nitrogen and oxygen atoms in total. The maximum Gasteiger partial charge on any atom is 0.274 e. The third kappa shape index (κ3) is 4.33. The van der Waals surface area contributed by atoms with Gasteiger partial charge in [-0.1, -0.05) is 19.1 Å². The zero-order valence-corrected chi connectivity index (χ0v) is 10.9. The molecule has 0 aromatic carbocycles. The maximum absolute atomic E-state index is 11.8. The topological polar surface area (TPSA) is 71.3 Å². The van der Waals surface area contributed by atoms with Gasteiger partial charge in [0, 0.05) is 6.54 Å². The molecule has 2 N–H and O–H groups in total. The highest BCUT2D eigenvalue weighted by Crippen LogP contribution is 2.13. The molecule has 96 valence electrons. The fraction of sp³-hybridized carbons (Fsp3) is 0.455. The van der Waals surface area contributed by atoms with E-state index < -0.39 is 10.0 Å². The van der Waals surface area contributed by atoms with Crippen LogP contribution >= 0.6 is 0 Å². The summed E-state index contributed by atoms with van der Waals surface area (Å²) in [4.78, 5) is 0. The first-order chi connectivity index (χ1) is 7.95. The van der Waals surface area contributed by atoms with Gasteiger partial charge in [0.15, 0.2) is 0 Å². The molecule has 17 heavy (non-hydrogen) atoms. The summed E-state index contributed by atoms with van der Waals surface area (Å²) in [5, 5.41) is 2.99. The van der Waals surface area contributed by atoms with Crippen LogP contribution in [0.4, 0.5) is 0 Å². The van der Waals surface area contributed by atoms with Crippen molar-refractivity contribution in [1.29, 1.82) is 0 Å². The van der Waals surface area contributed by atoms with Gasteiger partial charge >= 0.3 is 0 Å². The quantitative estimate of drug-likeness (QED) is 0.722. The summed E-state index contributed by atoms with van der Waals surface area (Å²) in [5.74, 6) is 0.600. The highest BCUT2D eigenvalue weighted by molar-refractivity contribution is 7.89. The van der Waals surface area contributed by atoms with Crippen LogP contribution in [0.3, 0.4) is 0 Å².